The van der Waals surface area contributed by atoms with E-state index in [1.165, 1.54) is 4.90 Å². The van der Waals surface area contributed by atoms with Gasteiger partial charge in [0.25, 0.3) is 0 Å². The number of amides is 2. The molecular weight excluding hydrogens is 308 g/mol. The molecule has 0 bridgehead atoms. The number of likely N-dealkylation sites (N-methyl/N-ethyl adjacent to an activating group) is 1. The van der Waals surface area contributed by atoms with E-state index in [1.807, 2.05) is 31.2 Å². The van der Waals surface area contributed by atoms with Crippen LogP contribution in [0.4, 0.5) is 0 Å². The highest BCUT2D eigenvalue weighted by Gasteiger charge is 2.23. The quantitative estimate of drug-likeness (QED) is 0.774. The SMILES string of the molecule is CCOc1ccccc1OCCN(C)C(=O)C(=O)NC1CCCC1. The third-order valence-corrected chi connectivity index (χ3v) is 4.06. The predicted octanol–water partition coefficient (Wildman–Crippen LogP) is 1.98. The van der Waals surface area contributed by atoms with E-state index in [-0.39, 0.29) is 6.04 Å². The van der Waals surface area contributed by atoms with Crippen LogP contribution in [-0.2, 0) is 9.59 Å². The molecule has 0 spiro atoms. The second-order valence-corrected chi connectivity index (χ2v) is 5.91. The van der Waals surface area contributed by atoms with Gasteiger partial charge in [-0.25, -0.2) is 0 Å². The molecule has 0 aromatic heterocycles. The third-order valence-electron chi connectivity index (χ3n) is 4.06. The maximum atomic E-state index is 12.1. The van der Waals surface area contributed by atoms with Crippen molar-refractivity contribution in [1.82, 2.24) is 10.2 Å². The van der Waals surface area contributed by atoms with Gasteiger partial charge in [0.2, 0.25) is 0 Å². The van der Waals surface area contributed by atoms with E-state index in [0.29, 0.717) is 31.3 Å². The zero-order chi connectivity index (χ0) is 17.4. The average Bonchev–Trinajstić information content (AvgIpc) is 3.08. The molecule has 1 aromatic rings. The zero-order valence-electron chi connectivity index (χ0n) is 14.4. The largest absolute Gasteiger partial charge is 0.490 e. The summed E-state index contributed by atoms with van der Waals surface area (Å²) in [4.78, 5) is 25.4. The molecule has 132 valence electrons. The number of carbonyl (C=O) groups excluding carboxylic acids is 2. The first-order chi connectivity index (χ1) is 11.6. The number of hydrogen-bond acceptors (Lipinski definition) is 4. The van der Waals surface area contributed by atoms with Crippen molar-refractivity contribution < 1.29 is 19.1 Å². The second-order valence-electron chi connectivity index (χ2n) is 5.91. The molecule has 0 heterocycles. The van der Waals surface area contributed by atoms with Crippen molar-refractivity contribution in [2.24, 2.45) is 0 Å². The number of nitrogens with one attached hydrogen (secondary N) is 1. The van der Waals surface area contributed by atoms with Crippen molar-refractivity contribution in [3.63, 3.8) is 0 Å². The summed E-state index contributed by atoms with van der Waals surface area (Å²) in [5.41, 5.74) is 0. The minimum absolute atomic E-state index is 0.143. The Morgan fingerprint density at radius 1 is 1.17 bits per heavy atom. The molecule has 0 aliphatic heterocycles. The summed E-state index contributed by atoms with van der Waals surface area (Å²) in [6.45, 7) is 3.09. The van der Waals surface area contributed by atoms with Gasteiger partial charge in [-0.15, -0.1) is 0 Å². The topological polar surface area (TPSA) is 67.9 Å². The molecule has 1 saturated carbocycles. The molecule has 24 heavy (non-hydrogen) atoms. The molecule has 0 radical (unpaired) electrons. The summed E-state index contributed by atoms with van der Waals surface area (Å²) in [7, 11) is 1.61. The maximum Gasteiger partial charge on any atom is 0.311 e. The lowest BCUT2D eigenvalue weighted by molar-refractivity contribution is -0.145. The van der Waals surface area contributed by atoms with Crippen LogP contribution in [0.3, 0.4) is 0 Å². The fourth-order valence-corrected chi connectivity index (χ4v) is 2.73. The Morgan fingerprint density at radius 2 is 1.79 bits per heavy atom. The molecule has 1 aliphatic rings. The third kappa shape index (κ3) is 5.15. The van der Waals surface area contributed by atoms with E-state index in [1.54, 1.807) is 7.05 Å². The van der Waals surface area contributed by atoms with Crippen LogP contribution in [0.5, 0.6) is 11.5 Å². The number of rotatable bonds is 7. The van der Waals surface area contributed by atoms with E-state index in [2.05, 4.69) is 5.32 Å². The maximum absolute atomic E-state index is 12.1. The summed E-state index contributed by atoms with van der Waals surface area (Å²) >= 11 is 0. The Balaban J connectivity index is 1.76. The molecule has 1 fully saturated rings. The number of benzene rings is 1. The minimum Gasteiger partial charge on any atom is -0.490 e. The lowest BCUT2D eigenvalue weighted by atomic mass is 10.2. The monoisotopic (exact) mass is 334 g/mol. The predicted molar refractivity (Wildman–Crippen MR) is 91.1 cm³/mol. The number of para-hydroxylation sites is 2. The Labute approximate surface area is 143 Å². The van der Waals surface area contributed by atoms with Crippen molar-refractivity contribution in [3.8, 4) is 11.5 Å². The first kappa shape index (κ1) is 18.1. The van der Waals surface area contributed by atoms with Crippen LogP contribution >= 0.6 is 0 Å². The average molecular weight is 334 g/mol. The molecule has 6 nitrogen and oxygen atoms in total. The lowest BCUT2D eigenvalue weighted by Crippen LogP contribution is -2.45. The number of nitrogens with zero attached hydrogens (tertiary/aromatic N) is 1. The summed E-state index contributed by atoms with van der Waals surface area (Å²) in [5, 5.41) is 2.80. The molecule has 2 rings (SSSR count). The smallest absolute Gasteiger partial charge is 0.311 e. The molecule has 0 atom stereocenters. The molecular formula is C18H26N2O4. The van der Waals surface area contributed by atoms with Crippen LogP contribution in [0.2, 0.25) is 0 Å². The Morgan fingerprint density at radius 3 is 2.42 bits per heavy atom. The standard InChI is InChI=1S/C18H26N2O4/c1-3-23-15-10-6-7-11-16(15)24-13-12-20(2)18(22)17(21)19-14-8-4-5-9-14/h6-7,10-11,14H,3-5,8-9,12-13H2,1-2H3,(H,19,21). The fraction of sp³-hybridized carbons (Fsp3) is 0.556. The van der Waals surface area contributed by atoms with Gasteiger partial charge in [-0.3, -0.25) is 9.59 Å². The molecule has 2 amide bonds. The minimum atomic E-state index is -0.529. The van der Waals surface area contributed by atoms with Crippen LogP contribution in [0.15, 0.2) is 24.3 Å². The zero-order valence-corrected chi connectivity index (χ0v) is 14.4. The molecule has 1 N–H and O–H groups in total. The molecule has 0 unspecified atom stereocenters. The van der Waals surface area contributed by atoms with Gasteiger partial charge in [0.15, 0.2) is 11.5 Å². The molecule has 1 aromatic carbocycles. The van der Waals surface area contributed by atoms with E-state index in [9.17, 15) is 9.59 Å². The van der Waals surface area contributed by atoms with Gasteiger partial charge in [-0.05, 0) is 31.9 Å². The highest BCUT2D eigenvalue weighted by molar-refractivity contribution is 6.35. The number of hydrogen-bond donors (Lipinski definition) is 1. The lowest BCUT2D eigenvalue weighted by Gasteiger charge is -2.19. The van der Waals surface area contributed by atoms with Gasteiger partial charge in [0, 0.05) is 13.1 Å². The van der Waals surface area contributed by atoms with Gasteiger partial charge in [-0.2, -0.15) is 0 Å². The summed E-state index contributed by atoms with van der Waals surface area (Å²) in [6, 6.07) is 7.54. The van der Waals surface area contributed by atoms with Gasteiger partial charge in [0.05, 0.1) is 13.2 Å². The van der Waals surface area contributed by atoms with Crippen molar-refractivity contribution in [2.75, 3.05) is 26.8 Å². The van der Waals surface area contributed by atoms with Gasteiger partial charge in [-0.1, -0.05) is 25.0 Å². The van der Waals surface area contributed by atoms with Crippen LogP contribution < -0.4 is 14.8 Å². The van der Waals surface area contributed by atoms with Crippen LogP contribution in [-0.4, -0.2) is 49.6 Å². The number of carbonyl (C=O) groups is 2. The molecule has 0 saturated heterocycles. The first-order valence-electron chi connectivity index (χ1n) is 8.52. The molecule has 1 aliphatic carbocycles. The highest BCUT2D eigenvalue weighted by Crippen LogP contribution is 2.26. The molecule has 6 heteroatoms. The van der Waals surface area contributed by atoms with Crippen LogP contribution in [0, 0.1) is 0 Å². The van der Waals surface area contributed by atoms with E-state index >= 15 is 0 Å². The number of ether oxygens (including phenoxy) is 2. The van der Waals surface area contributed by atoms with Crippen LogP contribution in [0.1, 0.15) is 32.6 Å². The van der Waals surface area contributed by atoms with Crippen molar-refractivity contribution in [1.29, 1.82) is 0 Å². The summed E-state index contributed by atoms with van der Waals surface area (Å²) < 4.78 is 11.2. The van der Waals surface area contributed by atoms with Crippen LogP contribution in [0.25, 0.3) is 0 Å². The van der Waals surface area contributed by atoms with Gasteiger partial charge >= 0.3 is 11.8 Å². The summed E-state index contributed by atoms with van der Waals surface area (Å²) in [6.07, 6.45) is 4.14. The highest BCUT2D eigenvalue weighted by atomic mass is 16.5. The Bertz CT molecular complexity index is 556. The Kier molecular flexibility index (Phi) is 6.90. The fourth-order valence-electron chi connectivity index (χ4n) is 2.73. The van der Waals surface area contributed by atoms with E-state index in [4.69, 9.17) is 9.47 Å². The first-order valence-corrected chi connectivity index (χ1v) is 8.52. The van der Waals surface area contributed by atoms with Gasteiger partial charge < -0.3 is 19.7 Å². The van der Waals surface area contributed by atoms with E-state index in [0.717, 1.165) is 25.7 Å². The Hall–Kier alpha value is -2.24. The summed E-state index contributed by atoms with van der Waals surface area (Å²) in [5.74, 6) is 0.256. The second kappa shape index (κ2) is 9.15. The van der Waals surface area contributed by atoms with E-state index < -0.39 is 11.8 Å². The van der Waals surface area contributed by atoms with Gasteiger partial charge in [0.1, 0.15) is 6.61 Å². The normalized spacial score (nSPS) is 14.2. The van der Waals surface area contributed by atoms with Crippen molar-refractivity contribution in [3.05, 3.63) is 24.3 Å². The van der Waals surface area contributed by atoms with Crippen molar-refractivity contribution >= 4 is 11.8 Å². The van der Waals surface area contributed by atoms with Crippen molar-refractivity contribution in [2.45, 2.75) is 38.6 Å².